The van der Waals surface area contributed by atoms with Crippen molar-refractivity contribution in [2.45, 2.75) is 87.8 Å². The Kier molecular flexibility index (Phi) is 8.54. The van der Waals surface area contributed by atoms with Gasteiger partial charge < -0.3 is 20.4 Å². The summed E-state index contributed by atoms with van der Waals surface area (Å²) in [6, 6.07) is 1.76. The van der Waals surface area contributed by atoms with Gasteiger partial charge in [-0.2, -0.15) is 18.3 Å². The molecule has 3 aliphatic carbocycles. The van der Waals surface area contributed by atoms with E-state index in [4.69, 9.17) is 0 Å². The van der Waals surface area contributed by atoms with Gasteiger partial charge in [-0.3, -0.25) is 14.3 Å². The summed E-state index contributed by atoms with van der Waals surface area (Å²) in [7, 11) is 1.70. The maximum atomic E-state index is 13.7. The molecule has 5 atom stereocenters. The van der Waals surface area contributed by atoms with Crippen LogP contribution in [0.25, 0.3) is 5.52 Å². The number of hydrogen-bond acceptors (Lipinski definition) is 6. The van der Waals surface area contributed by atoms with E-state index in [0.717, 1.165) is 38.5 Å². The largest absolute Gasteiger partial charge is 0.447 e. The molecule has 13 heteroatoms. The maximum Gasteiger partial charge on any atom is 0.447 e. The van der Waals surface area contributed by atoms with Crippen molar-refractivity contribution < 1.29 is 22.8 Å². The highest BCUT2D eigenvalue weighted by molar-refractivity contribution is 8.00. The van der Waals surface area contributed by atoms with Crippen LogP contribution in [0.4, 0.5) is 19.0 Å². The number of amides is 2. The van der Waals surface area contributed by atoms with E-state index < -0.39 is 5.51 Å². The summed E-state index contributed by atoms with van der Waals surface area (Å²) in [5, 5.41) is 13.3. The van der Waals surface area contributed by atoms with E-state index in [1.54, 1.807) is 24.0 Å². The first kappa shape index (κ1) is 32.3. The minimum absolute atomic E-state index is 0.0434. The fourth-order valence-corrected chi connectivity index (χ4v) is 8.64. The van der Waals surface area contributed by atoms with E-state index in [0.29, 0.717) is 41.1 Å². The Bertz CT molecular complexity index is 1700. The van der Waals surface area contributed by atoms with E-state index in [1.807, 2.05) is 20.8 Å². The van der Waals surface area contributed by atoms with Gasteiger partial charge in [0.1, 0.15) is 5.03 Å². The molecule has 6 rings (SSSR count). The van der Waals surface area contributed by atoms with Crippen molar-refractivity contribution in [3.63, 3.8) is 0 Å². The number of nitrogens with one attached hydrogen (secondary N) is 3. The van der Waals surface area contributed by atoms with Crippen LogP contribution >= 0.6 is 11.8 Å². The average Bonchev–Trinajstić information content (AvgIpc) is 3.68. The number of carbonyl (C=O) groups is 2. The number of alkyl halides is 3. The molecule has 0 aliphatic heterocycles. The molecule has 246 valence electrons. The number of rotatable bonds is 7. The number of anilines is 1. The molecule has 3 saturated carbocycles. The molecule has 0 radical (unpaired) electrons. The second-order valence-electron chi connectivity index (χ2n) is 14.0. The van der Waals surface area contributed by atoms with Gasteiger partial charge in [-0.25, -0.2) is 4.98 Å². The Morgan fingerprint density at radius 1 is 1.17 bits per heavy atom. The quantitative estimate of drug-likeness (QED) is 0.219. The van der Waals surface area contributed by atoms with Crippen LogP contribution in [0.5, 0.6) is 0 Å². The van der Waals surface area contributed by atoms with Gasteiger partial charge in [-0.1, -0.05) is 11.8 Å². The minimum Gasteiger partial charge on any atom is -0.366 e. The lowest BCUT2D eigenvalue weighted by molar-refractivity contribution is -0.128. The zero-order chi connectivity index (χ0) is 32.9. The molecule has 3 aliphatic rings. The highest BCUT2D eigenvalue weighted by Gasteiger charge is 2.59. The molecule has 3 aromatic heterocycles. The zero-order valence-corrected chi connectivity index (χ0v) is 27.3. The molecule has 2 bridgehead atoms. The third kappa shape index (κ3) is 6.59. The summed E-state index contributed by atoms with van der Waals surface area (Å²) in [5.74, 6) is 7.67. The van der Waals surface area contributed by atoms with Crippen LogP contribution in [0.3, 0.4) is 0 Å². The first-order valence-corrected chi connectivity index (χ1v) is 16.6. The normalized spacial score (nSPS) is 25.5. The molecule has 0 saturated heterocycles. The molecular weight excluding hydrogens is 615 g/mol. The summed E-state index contributed by atoms with van der Waals surface area (Å²) in [6.07, 6.45) is 13.0. The number of nitrogens with zero attached hydrogens (tertiary/aromatic N) is 4. The van der Waals surface area contributed by atoms with Crippen molar-refractivity contribution in [1.29, 1.82) is 0 Å². The molecule has 46 heavy (non-hydrogen) atoms. The first-order valence-electron chi connectivity index (χ1n) is 15.8. The fourth-order valence-electron chi connectivity index (χ4n) is 7.94. The Labute approximate surface area is 270 Å². The summed E-state index contributed by atoms with van der Waals surface area (Å²) in [4.78, 5) is 29.4. The van der Waals surface area contributed by atoms with Crippen LogP contribution in [-0.4, -0.2) is 56.1 Å². The van der Waals surface area contributed by atoms with E-state index in [1.165, 1.54) is 23.0 Å². The molecule has 2 amide bonds. The number of halogens is 3. The van der Waals surface area contributed by atoms with Crippen molar-refractivity contribution in [3.05, 3.63) is 42.0 Å². The molecule has 0 aromatic carbocycles. The van der Waals surface area contributed by atoms with Crippen LogP contribution in [0.15, 0.2) is 35.9 Å². The predicted molar refractivity (Wildman–Crippen MR) is 170 cm³/mol. The molecule has 3 heterocycles. The van der Waals surface area contributed by atoms with Crippen LogP contribution in [0.2, 0.25) is 0 Å². The first-order chi connectivity index (χ1) is 21.7. The lowest BCUT2D eigenvalue weighted by Gasteiger charge is -2.52. The van der Waals surface area contributed by atoms with E-state index in [2.05, 4.69) is 37.9 Å². The summed E-state index contributed by atoms with van der Waals surface area (Å²) < 4.78 is 44.2. The van der Waals surface area contributed by atoms with Crippen molar-refractivity contribution in [3.8, 4) is 11.8 Å². The smallest absolute Gasteiger partial charge is 0.366 e. The molecule has 3 aromatic rings. The van der Waals surface area contributed by atoms with Crippen LogP contribution in [0, 0.1) is 35.0 Å². The lowest BCUT2D eigenvalue weighted by atomic mass is 9.53. The number of aromatic nitrogens is 4. The van der Waals surface area contributed by atoms with Gasteiger partial charge in [0.15, 0.2) is 5.82 Å². The average molecular weight is 656 g/mol. The molecule has 3 N–H and O–H groups in total. The van der Waals surface area contributed by atoms with Crippen LogP contribution in [-0.2, 0) is 10.3 Å². The van der Waals surface area contributed by atoms with Crippen molar-refractivity contribution in [2.75, 3.05) is 18.9 Å². The molecule has 9 nitrogen and oxygen atoms in total. The molecule has 3 fully saturated rings. The van der Waals surface area contributed by atoms with Crippen molar-refractivity contribution >= 4 is 34.9 Å². The lowest BCUT2D eigenvalue weighted by Crippen LogP contribution is -2.47. The number of fused-ring (bicyclic) bond motifs is 2. The van der Waals surface area contributed by atoms with Crippen LogP contribution < -0.4 is 16.0 Å². The van der Waals surface area contributed by atoms with E-state index in [9.17, 15) is 22.8 Å². The molecular formula is C33H40F3N7O2S. The number of thioether (sulfide) groups is 1. The van der Waals surface area contributed by atoms with Gasteiger partial charge >= 0.3 is 5.51 Å². The second kappa shape index (κ2) is 12.2. The summed E-state index contributed by atoms with van der Waals surface area (Å²) in [6.45, 7) is 5.86. The standard InChI is InChI=1S/C33H40F3N7O2S/c1-31(2,3)43-19-23(18-40-43)29(45)39-9-5-6-21-14-26-28(38-10-11-42(26)30(21)46-33(34,35)36)41-24-8-7-22-16-32(17-27(44)37-4)15-20(12-24)13-25(22)32/h10-11,14,18-20,22,24-25H,7-9,12-13,15-17H2,1-4H3,(H,37,44)(H,38,41)(H,39,45)/t20-,22+,24+,25?,32?/m0/s1. The van der Waals surface area contributed by atoms with E-state index in [-0.39, 0.29) is 57.7 Å². The second-order valence-corrected chi connectivity index (χ2v) is 15.1. The van der Waals surface area contributed by atoms with Crippen molar-refractivity contribution in [2.24, 2.45) is 23.2 Å². The van der Waals surface area contributed by atoms with E-state index >= 15 is 0 Å². The monoisotopic (exact) mass is 655 g/mol. The Morgan fingerprint density at radius 2 is 1.98 bits per heavy atom. The molecule has 0 spiro atoms. The topological polar surface area (TPSA) is 105 Å². The Balaban J connectivity index is 1.19. The SMILES string of the molecule is CNC(=O)CC12C[C@@H]3CC1[C@H](CC[C@@H](Nc1nccn4c(SC(F)(F)F)c(C#CCNC(=O)c5cnn(C(C)(C)C)c5)cc14)C3)C2. The summed E-state index contributed by atoms with van der Waals surface area (Å²) in [5.41, 5.74) is -3.58. The highest BCUT2D eigenvalue weighted by atomic mass is 32.2. The maximum absolute atomic E-state index is 13.7. The summed E-state index contributed by atoms with van der Waals surface area (Å²) >= 11 is -0.214. The number of carbonyl (C=O) groups excluding carboxylic acids is 2. The zero-order valence-electron chi connectivity index (χ0n) is 26.5. The Morgan fingerprint density at radius 3 is 2.70 bits per heavy atom. The van der Waals surface area contributed by atoms with Crippen molar-refractivity contribution in [1.82, 2.24) is 29.8 Å². The van der Waals surface area contributed by atoms with Gasteiger partial charge in [-0.15, -0.1) is 0 Å². The fraction of sp³-hybridized carbons (Fsp3) is 0.576. The van der Waals surface area contributed by atoms with Gasteiger partial charge in [0.25, 0.3) is 5.91 Å². The third-order valence-corrected chi connectivity index (χ3v) is 10.7. The Hall–Kier alpha value is -3.66. The minimum atomic E-state index is -4.52. The third-order valence-electron chi connectivity index (χ3n) is 9.90. The highest BCUT2D eigenvalue weighted by Crippen LogP contribution is 2.67. The van der Waals surface area contributed by atoms with Crippen LogP contribution in [0.1, 0.15) is 81.6 Å². The predicted octanol–water partition coefficient (Wildman–Crippen LogP) is 5.81. The molecule has 2 unspecified atom stereocenters. The number of hydrogen-bond donors (Lipinski definition) is 3. The van der Waals surface area contributed by atoms with Gasteiger partial charge in [0.2, 0.25) is 5.91 Å². The van der Waals surface area contributed by atoms with Gasteiger partial charge in [-0.05, 0) is 88.5 Å². The van der Waals surface area contributed by atoms with Gasteiger partial charge in [0.05, 0.1) is 34.9 Å². The van der Waals surface area contributed by atoms with Gasteiger partial charge in [0, 0.05) is 49.9 Å².